The van der Waals surface area contributed by atoms with Gasteiger partial charge in [0.15, 0.2) is 0 Å². The Morgan fingerprint density at radius 1 is 1.42 bits per heavy atom. The van der Waals surface area contributed by atoms with Crippen molar-refractivity contribution in [3.63, 3.8) is 0 Å². The number of para-hydroxylation sites is 1. The van der Waals surface area contributed by atoms with Crippen molar-refractivity contribution < 1.29 is 14.6 Å². The third kappa shape index (κ3) is 3.70. The van der Waals surface area contributed by atoms with E-state index in [1.54, 1.807) is 24.3 Å². The highest BCUT2D eigenvalue weighted by Gasteiger charge is 2.30. The fourth-order valence-corrected chi connectivity index (χ4v) is 2.35. The molecule has 1 fully saturated rings. The summed E-state index contributed by atoms with van der Waals surface area (Å²) in [4.78, 5) is 11.0. The summed E-state index contributed by atoms with van der Waals surface area (Å²) in [5.41, 5.74) is 0.673. The summed E-state index contributed by atoms with van der Waals surface area (Å²) in [7, 11) is 0. The van der Waals surface area contributed by atoms with Crippen molar-refractivity contribution in [2.75, 3.05) is 19.7 Å². The molecule has 2 N–H and O–H groups in total. The van der Waals surface area contributed by atoms with Gasteiger partial charge in [-0.2, -0.15) is 0 Å². The van der Waals surface area contributed by atoms with Crippen LogP contribution < -0.4 is 10.1 Å². The first kappa shape index (κ1) is 13.9. The first-order valence-electron chi connectivity index (χ1n) is 6.77. The molecule has 1 aromatic rings. The minimum Gasteiger partial charge on any atom is -0.491 e. The number of carbonyl (C=O) groups is 1. The minimum atomic E-state index is -0.953. The number of carboxylic acids is 1. The molecule has 0 aromatic heterocycles. The molecule has 1 aliphatic carbocycles. The average molecular weight is 263 g/mol. The van der Waals surface area contributed by atoms with E-state index < -0.39 is 5.97 Å². The molecule has 0 amide bonds. The molecule has 4 heteroatoms. The highest BCUT2D eigenvalue weighted by molar-refractivity contribution is 5.90. The molecule has 0 saturated heterocycles. The lowest BCUT2D eigenvalue weighted by molar-refractivity contribution is 0.0692. The average Bonchev–Trinajstić information content (AvgIpc) is 2.36. The number of carboxylic acid groups (broad SMARTS) is 1. The summed E-state index contributed by atoms with van der Waals surface area (Å²) < 4.78 is 5.52. The van der Waals surface area contributed by atoms with Gasteiger partial charge in [0.05, 0.1) is 0 Å². The summed E-state index contributed by atoms with van der Waals surface area (Å²) in [6.07, 6.45) is 3.92. The maximum atomic E-state index is 11.0. The lowest BCUT2D eigenvalue weighted by Gasteiger charge is -2.38. The van der Waals surface area contributed by atoms with Crippen LogP contribution in [0.4, 0.5) is 0 Å². The molecule has 4 nitrogen and oxygen atoms in total. The van der Waals surface area contributed by atoms with E-state index in [0.717, 1.165) is 13.1 Å². The third-order valence-electron chi connectivity index (χ3n) is 3.77. The zero-order chi connectivity index (χ0) is 13.7. The molecule has 2 rings (SSSR count). The quantitative estimate of drug-likeness (QED) is 0.742. The van der Waals surface area contributed by atoms with Gasteiger partial charge in [-0.05, 0) is 30.4 Å². The Hall–Kier alpha value is -1.55. The molecule has 19 heavy (non-hydrogen) atoms. The molecule has 1 aliphatic rings. The first-order valence-corrected chi connectivity index (χ1v) is 6.77. The number of benzene rings is 1. The molecule has 0 radical (unpaired) electrons. The van der Waals surface area contributed by atoms with Crippen LogP contribution in [0.1, 0.15) is 36.5 Å². The molecule has 0 bridgehead atoms. The van der Waals surface area contributed by atoms with Gasteiger partial charge in [-0.1, -0.05) is 25.5 Å². The maximum Gasteiger partial charge on any atom is 0.339 e. The van der Waals surface area contributed by atoms with Gasteiger partial charge < -0.3 is 15.2 Å². The predicted octanol–water partition coefficient (Wildman–Crippen LogP) is 2.54. The van der Waals surface area contributed by atoms with E-state index in [4.69, 9.17) is 9.84 Å². The van der Waals surface area contributed by atoms with Crippen LogP contribution in [0.15, 0.2) is 24.3 Å². The largest absolute Gasteiger partial charge is 0.491 e. The van der Waals surface area contributed by atoms with Crippen LogP contribution in [0.2, 0.25) is 0 Å². The van der Waals surface area contributed by atoms with Crippen molar-refractivity contribution >= 4 is 5.97 Å². The molecule has 0 spiro atoms. The fourth-order valence-electron chi connectivity index (χ4n) is 2.35. The normalized spacial score (nSPS) is 16.7. The van der Waals surface area contributed by atoms with E-state index in [-0.39, 0.29) is 5.56 Å². The number of nitrogens with one attached hydrogen (secondary N) is 1. The van der Waals surface area contributed by atoms with Gasteiger partial charge in [0.1, 0.15) is 17.9 Å². The van der Waals surface area contributed by atoms with Crippen LogP contribution >= 0.6 is 0 Å². The number of ether oxygens (including phenoxy) is 1. The van der Waals surface area contributed by atoms with Crippen LogP contribution in [0.25, 0.3) is 0 Å². The number of hydrogen-bond acceptors (Lipinski definition) is 3. The minimum absolute atomic E-state index is 0.216. The highest BCUT2D eigenvalue weighted by Crippen LogP contribution is 2.39. The number of hydrogen-bond donors (Lipinski definition) is 2. The van der Waals surface area contributed by atoms with Crippen molar-refractivity contribution in [1.29, 1.82) is 0 Å². The lowest BCUT2D eigenvalue weighted by atomic mass is 9.70. The summed E-state index contributed by atoms with van der Waals surface area (Å²) in [5.74, 6) is -0.516. The Balaban J connectivity index is 1.72. The molecule has 0 aliphatic heterocycles. The van der Waals surface area contributed by atoms with Crippen molar-refractivity contribution in [3.05, 3.63) is 29.8 Å². The van der Waals surface area contributed by atoms with E-state index >= 15 is 0 Å². The molecule has 0 heterocycles. The van der Waals surface area contributed by atoms with Gasteiger partial charge in [0.2, 0.25) is 0 Å². The fraction of sp³-hybridized carbons (Fsp3) is 0.533. The highest BCUT2D eigenvalue weighted by atomic mass is 16.5. The molecular formula is C15H21NO3. The van der Waals surface area contributed by atoms with Crippen molar-refractivity contribution in [1.82, 2.24) is 5.32 Å². The van der Waals surface area contributed by atoms with Crippen LogP contribution in [0, 0.1) is 5.41 Å². The summed E-state index contributed by atoms with van der Waals surface area (Å²) in [5, 5.41) is 12.4. The Morgan fingerprint density at radius 3 is 2.79 bits per heavy atom. The number of rotatable bonds is 7. The Bertz CT molecular complexity index is 441. The maximum absolute atomic E-state index is 11.0. The Kier molecular flexibility index (Phi) is 4.43. The standard InChI is InChI=1S/C15H21NO3/c1-15(7-4-8-15)11-16-9-10-19-13-6-3-2-5-12(13)14(17)18/h2-3,5-6,16H,4,7-11H2,1H3,(H,17,18). The molecule has 0 atom stereocenters. The zero-order valence-electron chi connectivity index (χ0n) is 11.3. The van der Waals surface area contributed by atoms with Gasteiger partial charge in [-0.25, -0.2) is 4.79 Å². The van der Waals surface area contributed by atoms with E-state index in [1.165, 1.54) is 19.3 Å². The Labute approximate surface area is 113 Å². The van der Waals surface area contributed by atoms with Crippen molar-refractivity contribution in [2.45, 2.75) is 26.2 Å². The van der Waals surface area contributed by atoms with Crippen LogP contribution in [-0.4, -0.2) is 30.8 Å². The van der Waals surface area contributed by atoms with Crippen LogP contribution in [-0.2, 0) is 0 Å². The van der Waals surface area contributed by atoms with Gasteiger partial charge in [-0.15, -0.1) is 0 Å². The second-order valence-electron chi connectivity index (χ2n) is 5.49. The second-order valence-corrected chi connectivity index (χ2v) is 5.49. The van der Waals surface area contributed by atoms with Crippen molar-refractivity contribution in [3.8, 4) is 5.75 Å². The SMILES string of the molecule is CC1(CNCCOc2ccccc2C(=O)O)CCC1. The molecule has 104 valence electrons. The van der Waals surface area contributed by atoms with Gasteiger partial charge in [0.25, 0.3) is 0 Å². The number of aromatic carboxylic acids is 1. The van der Waals surface area contributed by atoms with E-state index in [1.807, 2.05) is 0 Å². The molecule has 1 aromatic carbocycles. The topological polar surface area (TPSA) is 58.6 Å². The summed E-state index contributed by atoms with van der Waals surface area (Å²) in [6, 6.07) is 6.73. The van der Waals surface area contributed by atoms with Gasteiger partial charge in [-0.3, -0.25) is 0 Å². The summed E-state index contributed by atoms with van der Waals surface area (Å²) in [6.45, 7) is 4.53. The third-order valence-corrected chi connectivity index (χ3v) is 3.77. The zero-order valence-corrected chi connectivity index (χ0v) is 11.3. The predicted molar refractivity (Wildman–Crippen MR) is 73.7 cm³/mol. The smallest absolute Gasteiger partial charge is 0.339 e. The molecular weight excluding hydrogens is 242 g/mol. The second kappa shape index (κ2) is 6.06. The Morgan fingerprint density at radius 2 is 2.16 bits per heavy atom. The van der Waals surface area contributed by atoms with Gasteiger partial charge in [0, 0.05) is 13.1 Å². The van der Waals surface area contributed by atoms with E-state index in [2.05, 4.69) is 12.2 Å². The van der Waals surface area contributed by atoms with E-state index in [0.29, 0.717) is 17.8 Å². The lowest BCUT2D eigenvalue weighted by Crippen LogP contribution is -2.38. The molecule has 0 unspecified atom stereocenters. The first-order chi connectivity index (χ1) is 9.11. The molecule has 1 saturated carbocycles. The van der Waals surface area contributed by atoms with Crippen LogP contribution in [0.3, 0.4) is 0 Å². The van der Waals surface area contributed by atoms with Crippen molar-refractivity contribution in [2.24, 2.45) is 5.41 Å². The van der Waals surface area contributed by atoms with Gasteiger partial charge >= 0.3 is 5.97 Å². The summed E-state index contributed by atoms with van der Waals surface area (Å²) >= 11 is 0. The monoisotopic (exact) mass is 263 g/mol. The van der Waals surface area contributed by atoms with E-state index in [9.17, 15) is 4.79 Å². The van der Waals surface area contributed by atoms with Crippen LogP contribution in [0.5, 0.6) is 5.75 Å².